The van der Waals surface area contributed by atoms with E-state index < -0.39 is 0 Å². The van der Waals surface area contributed by atoms with Gasteiger partial charge >= 0.3 is 0 Å². The molecule has 1 N–H and O–H groups in total. The highest BCUT2D eigenvalue weighted by molar-refractivity contribution is 6.31. The van der Waals surface area contributed by atoms with Crippen molar-refractivity contribution in [1.82, 2.24) is 14.9 Å². The van der Waals surface area contributed by atoms with Gasteiger partial charge in [-0.15, -0.1) is 0 Å². The minimum absolute atomic E-state index is 0.109. The Hall–Kier alpha value is -2.17. The third kappa shape index (κ3) is 2.95. The largest absolute Gasteiger partial charge is 0.309 e. The molecule has 1 aromatic heterocycles. The van der Waals surface area contributed by atoms with E-state index in [0.29, 0.717) is 34.3 Å². The molecule has 3 aromatic rings. The number of rotatable bonds is 3. The van der Waals surface area contributed by atoms with Crippen molar-refractivity contribution in [3.63, 3.8) is 0 Å². The van der Waals surface area contributed by atoms with E-state index in [1.165, 1.54) is 5.56 Å². The maximum atomic E-state index is 12.3. The molecule has 0 bridgehead atoms. The van der Waals surface area contributed by atoms with E-state index in [-0.39, 0.29) is 5.56 Å². The van der Waals surface area contributed by atoms with Gasteiger partial charge in [-0.1, -0.05) is 41.9 Å². The number of likely N-dealkylation sites (tertiary alicyclic amines) is 1. The Bertz CT molecular complexity index is 923. The lowest BCUT2D eigenvalue weighted by molar-refractivity contribution is 0.242. The molecule has 1 aliphatic rings. The second-order valence-corrected chi connectivity index (χ2v) is 6.65. The van der Waals surface area contributed by atoms with Gasteiger partial charge in [-0.2, -0.15) is 0 Å². The van der Waals surface area contributed by atoms with Crippen LogP contribution in [0.15, 0.2) is 53.3 Å². The smallest absolute Gasteiger partial charge is 0.258 e. The van der Waals surface area contributed by atoms with Crippen LogP contribution in [0.3, 0.4) is 0 Å². The summed E-state index contributed by atoms with van der Waals surface area (Å²) in [5.74, 6) is 0.692. The second-order valence-electron chi connectivity index (χ2n) is 6.21. The number of hydrogen-bond acceptors (Lipinski definition) is 3. The predicted octanol–water partition coefficient (Wildman–Crippen LogP) is 3.91. The monoisotopic (exact) mass is 339 g/mol. The molecule has 1 atom stereocenters. The molecule has 0 unspecified atom stereocenters. The fraction of sp³-hybridized carbons (Fsp3) is 0.263. The van der Waals surface area contributed by atoms with Crippen LogP contribution in [0.4, 0.5) is 0 Å². The van der Waals surface area contributed by atoms with Crippen molar-refractivity contribution in [1.29, 1.82) is 0 Å². The molecular formula is C19H18ClN3O. The standard InChI is InChI=1S/C19H18ClN3O/c20-14-8-9-15-16(11-14)21-18(22-19(15)24)12-23-10-4-7-17(23)13-5-2-1-3-6-13/h1-3,5-6,8-9,11,17H,4,7,10,12H2,(H,21,22,24)/t17-/m1/s1. The molecule has 0 amide bonds. The van der Waals surface area contributed by atoms with Crippen molar-refractivity contribution in [2.45, 2.75) is 25.4 Å². The molecule has 2 aromatic carbocycles. The lowest BCUT2D eigenvalue weighted by Gasteiger charge is -2.24. The Labute approximate surface area is 145 Å². The Kier molecular flexibility index (Phi) is 4.08. The molecule has 5 heteroatoms. The average molecular weight is 340 g/mol. The van der Waals surface area contributed by atoms with E-state index >= 15 is 0 Å². The predicted molar refractivity (Wildman–Crippen MR) is 96.2 cm³/mol. The molecule has 1 aliphatic heterocycles. The van der Waals surface area contributed by atoms with Crippen molar-refractivity contribution < 1.29 is 0 Å². The Balaban J connectivity index is 1.65. The van der Waals surface area contributed by atoms with Gasteiger partial charge in [0.25, 0.3) is 5.56 Å². The van der Waals surface area contributed by atoms with Gasteiger partial charge in [0.1, 0.15) is 5.82 Å². The van der Waals surface area contributed by atoms with Crippen LogP contribution in [0, 0.1) is 0 Å². The summed E-state index contributed by atoms with van der Waals surface area (Å²) in [6, 6.07) is 16.1. The van der Waals surface area contributed by atoms with Crippen LogP contribution in [0.1, 0.15) is 30.3 Å². The number of H-pyrrole nitrogens is 1. The van der Waals surface area contributed by atoms with Crippen LogP contribution in [0.25, 0.3) is 10.9 Å². The van der Waals surface area contributed by atoms with Gasteiger partial charge in [0, 0.05) is 11.1 Å². The van der Waals surface area contributed by atoms with E-state index in [9.17, 15) is 4.79 Å². The first-order valence-corrected chi connectivity index (χ1v) is 8.56. The normalized spacial score (nSPS) is 18.3. The molecule has 122 valence electrons. The van der Waals surface area contributed by atoms with Crippen molar-refractivity contribution >= 4 is 22.5 Å². The quantitative estimate of drug-likeness (QED) is 0.787. The summed E-state index contributed by atoms with van der Waals surface area (Å²) in [6.45, 7) is 1.65. The topological polar surface area (TPSA) is 49.0 Å². The molecule has 0 radical (unpaired) electrons. The highest BCUT2D eigenvalue weighted by Gasteiger charge is 2.26. The lowest BCUT2D eigenvalue weighted by atomic mass is 10.0. The number of fused-ring (bicyclic) bond motifs is 1. The van der Waals surface area contributed by atoms with Crippen molar-refractivity contribution in [2.24, 2.45) is 0 Å². The van der Waals surface area contributed by atoms with Gasteiger partial charge < -0.3 is 4.98 Å². The third-order valence-corrected chi connectivity index (χ3v) is 4.85. The van der Waals surface area contributed by atoms with E-state index in [1.807, 2.05) is 6.07 Å². The summed E-state index contributed by atoms with van der Waals surface area (Å²) in [7, 11) is 0. The van der Waals surface area contributed by atoms with E-state index in [2.05, 4.69) is 39.1 Å². The Morgan fingerprint density at radius 1 is 1.21 bits per heavy atom. The number of benzene rings is 2. The summed E-state index contributed by atoms with van der Waals surface area (Å²) in [5, 5.41) is 1.17. The van der Waals surface area contributed by atoms with Crippen molar-refractivity contribution in [3.8, 4) is 0 Å². The maximum absolute atomic E-state index is 12.3. The van der Waals surface area contributed by atoms with Gasteiger partial charge in [-0.25, -0.2) is 4.98 Å². The van der Waals surface area contributed by atoms with Gasteiger partial charge in [-0.05, 0) is 43.1 Å². The molecule has 4 nitrogen and oxygen atoms in total. The van der Waals surface area contributed by atoms with Crippen LogP contribution in [-0.4, -0.2) is 21.4 Å². The second kappa shape index (κ2) is 6.38. The first-order valence-electron chi connectivity index (χ1n) is 8.18. The highest BCUT2D eigenvalue weighted by atomic mass is 35.5. The van der Waals surface area contributed by atoms with Crippen LogP contribution >= 0.6 is 11.6 Å². The minimum Gasteiger partial charge on any atom is -0.309 e. The molecule has 2 heterocycles. The lowest BCUT2D eigenvalue weighted by Crippen LogP contribution is -2.25. The fourth-order valence-corrected chi connectivity index (χ4v) is 3.66. The number of halogens is 1. The van der Waals surface area contributed by atoms with Gasteiger partial charge in [0.2, 0.25) is 0 Å². The third-order valence-electron chi connectivity index (χ3n) is 4.62. The number of nitrogens with zero attached hydrogens (tertiary/aromatic N) is 2. The van der Waals surface area contributed by atoms with Gasteiger partial charge in [-0.3, -0.25) is 9.69 Å². The molecule has 4 rings (SSSR count). The number of hydrogen-bond donors (Lipinski definition) is 1. The zero-order valence-corrected chi connectivity index (χ0v) is 14.0. The number of aromatic amines is 1. The molecule has 0 aliphatic carbocycles. The van der Waals surface area contributed by atoms with Crippen molar-refractivity contribution in [2.75, 3.05) is 6.54 Å². The van der Waals surface area contributed by atoms with E-state index in [1.54, 1.807) is 18.2 Å². The van der Waals surface area contributed by atoms with E-state index in [0.717, 1.165) is 19.4 Å². The summed E-state index contributed by atoms with van der Waals surface area (Å²) in [4.78, 5) is 22.2. The molecule has 24 heavy (non-hydrogen) atoms. The molecule has 1 saturated heterocycles. The number of aromatic nitrogens is 2. The average Bonchev–Trinajstić information content (AvgIpc) is 3.03. The minimum atomic E-state index is -0.109. The first-order chi connectivity index (χ1) is 11.7. The molecule has 0 spiro atoms. The Morgan fingerprint density at radius 2 is 2.04 bits per heavy atom. The zero-order valence-electron chi connectivity index (χ0n) is 13.2. The molecular weight excluding hydrogens is 322 g/mol. The zero-order chi connectivity index (χ0) is 16.5. The van der Waals surface area contributed by atoms with E-state index in [4.69, 9.17) is 11.6 Å². The first kappa shape index (κ1) is 15.4. The maximum Gasteiger partial charge on any atom is 0.258 e. The van der Waals surface area contributed by atoms with Gasteiger partial charge in [0.05, 0.1) is 17.4 Å². The van der Waals surface area contributed by atoms with Crippen LogP contribution < -0.4 is 5.56 Å². The molecule has 0 saturated carbocycles. The summed E-state index contributed by atoms with van der Waals surface area (Å²) in [5.41, 5.74) is 1.86. The summed E-state index contributed by atoms with van der Waals surface area (Å²) < 4.78 is 0. The van der Waals surface area contributed by atoms with Crippen LogP contribution in [0.2, 0.25) is 5.02 Å². The summed E-state index contributed by atoms with van der Waals surface area (Å²) in [6.07, 6.45) is 2.29. The Morgan fingerprint density at radius 3 is 2.88 bits per heavy atom. The van der Waals surface area contributed by atoms with Crippen LogP contribution in [0.5, 0.6) is 0 Å². The number of nitrogens with one attached hydrogen (secondary N) is 1. The van der Waals surface area contributed by atoms with Crippen molar-refractivity contribution in [3.05, 3.63) is 75.3 Å². The molecule has 1 fully saturated rings. The summed E-state index contributed by atoms with van der Waals surface area (Å²) >= 11 is 6.03. The van der Waals surface area contributed by atoms with Gasteiger partial charge in [0.15, 0.2) is 0 Å². The fourth-order valence-electron chi connectivity index (χ4n) is 3.50. The highest BCUT2D eigenvalue weighted by Crippen LogP contribution is 2.32. The SMILES string of the molecule is O=c1[nH]c(CN2CCC[C@@H]2c2ccccc2)nc2cc(Cl)ccc12. The van der Waals surface area contributed by atoms with Crippen LogP contribution in [-0.2, 0) is 6.54 Å².